The molecule has 0 bridgehead atoms. The lowest BCUT2D eigenvalue weighted by Crippen LogP contribution is -2.21. The second-order valence-corrected chi connectivity index (χ2v) is 8.70. The third-order valence-electron chi connectivity index (χ3n) is 4.70. The molecule has 0 spiro atoms. The molecule has 3 rings (SSSR count). The van der Waals surface area contributed by atoms with E-state index in [1.54, 1.807) is 36.4 Å². The molecular weight excluding hydrogens is 404 g/mol. The van der Waals surface area contributed by atoms with E-state index in [0.717, 1.165) is 17.2 Å². The predicted octanol–water partition coefficient (Wildman–Crippen LogP) is 3.07. The van der Waals surface area contributed by atoms with E-state index >= 15 is 0 Å². The molecule has 1 heterocycles. The van der Waals surface area contributed by atoms with Crippen molar-refractivity contribution in [2.75, 3.05) is 0 Å². The van der Waals surface area contributed by atoms with Gasteiger partial charge in [-0.1, -0.05) is 59.7 Å². The summed E-state index contributed by atoms with van der Waals surface area (Å²) in [6.07, 6.45) is 0.0304. The van der Waals surface area contributed by atoms with Gasteiger partial charge in [-0.25, -0.2) is 18.4 Å². The molecule has 30 heavy (non-hydrogen) atoms. The maximum Gasteiger partial charge on any atom is 0.356 e. The van der Waals surface area contributed by atoms with Gasteiger partial charge in [-0.2, -0.15) is 0 Å². The predicted molar refractivity (Wildman–Crippen MR) is 112 cm³/mol. The molecule has 0 saturated carbocycles. The fraction of sp³-hybridized carbons (Fsp3) is 0.182. The maximum atomic E-state index is 13.2. The Kier molecular flexibility index (Phi) is 5.91. The molecule has 1 atom stereocenters. The summed E-state index contributed by atoms with van der Waals surface area (Å²) in [5, 5.41) is 5.13. The lowest BCUT2D eigenvalue weighted by molar-refractivity contribution is 0.0271. The standard InChI is InChI=1S/C22H22N2O5S/c1-14-4-8-16(9-5-14)20(25)21(17-10-6-15(2)7-11-17)29-22(26)19-12-18(13-24(19)3)30(23,27)28/h4-13,21H,1-3H3,(H2,23,27,28). The topological polar surface area (TPSA) is 108 Å². The summed E-state index contributed by atoms with van der Waals surface area (Å²) < 4.78 is 30.0. The van der Waals surface area contributed by atoms with Crippen LogP contribution >= 0.6 is 0 Å². The molecule has 0 aliphatic rings. The second kappa shape index (κ2) is 8.25. The molecule has 0 aliphatic heterocycles. The minimum absolute atomic E-state index is 0.0344. The van der Waals surface area contributed by atoms with Crippen LogP contribution in [0.25, 0.3) is 0 Å². The summed E-state index contributed by atoms with van der Waals surface area (Å²) in [6, 6.07) is 15.2. The number of esters is 1. The van der Waals surface area contributed by atoms with E-state index in [1.165, 1.54) is 17.8 Å². The van der Waals surface area contributed by atoms with Crippen molar-refractivity contribution in [2.45, 2.75) is 24.8 Å². The lowest BCUT2D eigenvalue weighted by Gasteiger charge is -2.18. The third kappa shape index (κ3) is 4.67. The minimum atomic E-state index is -3.98. The Labute approximate surface area is 175 Å². The zero-order chi connectivity index (χ0) is 22.1. The first-order valence-electron chi connectivity index (χ1n) is 9.14. The van der Waals surface area contributed by atoms with Gasteiger partial charge >= 0.3 is 5.97 Å². The number of aromatic nitrogens is 1. The zero-order valence-electron chi connectivity index (χ0n) is 16.8. The van der Waals surface area contributed by atoms with Gasteiger partial charge in [0.2, 0.25) is 15.8 Å². The zero-order valence-corrected chi connectivity index (χ0v) is 17.6. The number of hydrogen-bond acceptors (Lipinski definition) is 5. The monoisotopic (exact) mass is 426 g/mol. The summed E-state index contributed by atoms with van der Waals surface area (Å²) in [7, 11) is -2.49. The Balaban J connectivity index is 1.97. The fourth-order valence-electron chi connectivity index (χ4n) is 2.94. The number of carbonyl (C=O) groups is 2. The van der Waals surface area contributed by atoms with Crippen molar-refractivity contribution in [3.05, 3.63) is 88.7 Å². The summed E-state index contributed by atoms with van der Waals surface area (Å²) >= 11 is 0. The largest absolute Gasteiger partial charge is 0.444 e. The number of aryl methyl sites for hydroxylation is 3. The summed E-state index contributed by atoms with van der Waals surface area (Å²) in [4.78, 5) is 25.8. The number of ketones is 1. The smallest absolute Gasteiger partial charge is 0.356 e. The molecule has 0 radical (unpaired) electrons. The Morgan fingerprint density at radius 1 is 0.967 bits per heavy atom. The number of benzene rings is 2. The molecule has 0 fully saturated rings. The molecule has 3 aromatic rings. The molecule has 0 amide bonds. The molecule has 7 nitrogen and oxygen atoms in total. The van der Waals surface area contributed by atoms with Crippen molar-refractivity contribution in [3.63, 3.8) is 0 Å². The van der Waals surface area contributed by atoms with Crippen LogP contribution in [0.5, 0.6) is 0 Å². The first-order chi connectivity index (χ1) is 14.1. The quantitative estimate of drug-likeness (QED) is 0.481. The van der Waals surface area contributed by atoms with E-state index in [1.807, 2.05) is 26.0 Å². The van der Waals surface area contributed by atoms with Crippen molar-refractivity contribution < 1.29 is 22.7 Å². The molecular formula is C22H22N2O5S. The number of sulfonamides is 1. The highest BCUT2D eigenvalue weighted by Gasteiger charge is 2.28. The first kappa shape index (κ1) is 21.5. The van der Waals surface area contributed by atoms with Gasteiger partial charge in [-0.15, -0.1) is 0 Å². The number of hydrogen-bond donors (Lipinski definition) is 1. The molecule has 0 aliphatic carbocycles. The number of rotatable bonds is 6. The van der Waals surface area contributed by atoms with Crippen molar-refractivity contribution in [1.82, 2.24) is 4.57 Å². The van der Waals surface area contributed by atoms with Crippen LogP contribution in [0.15, 0.2) is 65.7 Å². The van der Waals surface area contributed by atoms with Gasteiger partial charge in [0.15, 0.2) is 6.10 Å². The van der Waals surface area contributed by atoms with Gasteiger partial charge in [0.05, 0.1) is 0 Å². The van der Waals surface area contributed by atoms with Crippen LogP contribution in [-0.4, -0.2) is 24.7 Å². The lowest BCUT2D eigenvalue weighted by atomic mass is 9.98. The molecule has 2 aromatic carbocycles. The fourth-order valence-corrected chi connectivity index (χ4v) is 3.52. The van der Waals surface area contributed by atoms with Crippen LogP contribution in [0.1, 0.15) is 43.6 Å². The third-order valence-corrected chi connectivity index (χ3v) is 5.58. The van der Waals surface area contributed by atoms with Gasteiger partial charge in [0.1, 0.15) is 10.6 Å². The number of ether oxygens (including phenoxy) is 1. The highest BCUT2D eigenvalue weighted by molar-refractivity contribution is 7.89. The van der Waals surface area contributed by atoms with Gasteiger partial charge in [0, 0.05) is 24.4 Å². The average molecular weight is 426 g/mol. The maximum absolute atomic E-state index is 13.2. The van der Waals surface area contributed by atoms with E-state index in [4.69, 9.17) is 9.88 Å². The van der Waals surface area contributed by atoms with E-state index in [9.17, 15) is 18.0 Å². The number of nitrogens with zero attached hydrogens (tertiary/aromatic N) is 1. The van der Waals surface area contributed by atoms with Crippen LogP contribution in [0, 0.1) is 13.8 Å². The van der Waals surface area contributed by atoms with Crippen LogP contribution in [-0.2, 0) is 21.8 Å². The second-order valence-electron chi connectivity index (χ2n) is 7.14. The summed E-state index contributed by atoms with van der Waals surface area (Å²) in [6.45, 7) is 3.82. The molecule has 1 unspecified atom stereocenters. The number of carbonyl (C=O) groups excluding carboxylic acids is 2. The molecule has 1 aromatic heterocycles. The van der Waals surface area contributed by atoms with Crippen LogP contribution in [0.3, 0.4) is 0 Å². The Hall–Kier alpha value is -3.23. The molecule has 2 N–H and O–H groups in total. The van der Waals surface area contributed by atoms with Gasteiger partial charge in [-0.05, 0) is 19.9 Å². The minimum Gasteiger partial charge on any atom is -0.444 e. The Bertz CT molecular complexity index is 1190. The molecule has 8 heteroatoms. The van der Waals surface area contributed by atoms with Crippen molar-refractivity contribution >= 4 is 21.8 Å². The van der Waals surface area contributed by atoms with Crippen molar-refractivity contribution in [3.8, 4) is 0 Å². The molecule has 0 saturated heterocycles. The highest BCUT2D eigenvalue weighted by atomic mass is 32.2. The van der Waals surface area contributed by atoms with E-state index in [-0.39, 0.29) is 16.4 Å². The molecule has 156 valence electrons. The summed E-state index contributed by atoms with van der Waals surface area (Å²) in [5.41, 5.74) is 2.87. The van der Waals surface area contributed by atoms with Crippen LogP contribution < -0.4 is 5.14 Å². The van der Waals surface area contributed by atoms with Crippen molar-refractivity contribution in [1.29, 1.82) is 0 Å². The van der Waals surface area contributed by atoms with Crippen LogP contribution in [0.4, 0.5) is 0 Å². The van der Waals surface area contributed by atoms with Gasteiger partial charge < -0.3 is 9.30 Å². The average Bonchev–Trinajstić information content (AvgIpc) is 3.09. The highest BCUT2D eigenvalue weighted by Crippen LogP contribution is 2.25. The normalized spacial score (nSPS) is 12.4. The van der Waals surface area contributed by atoms with Gasteiger partial charge in [0.25, 0.3) is 0 Å². The Morgan fingerprint density at radius 2 is 1.50 bits per heavy atom. The number of primary sulfonamides is 1. The SMILES string of the molecule is Cc1ccc(C(=O)C(OC(=O)c2cc(S(N)(=O)=O)cn2C)c2ccc(C)cc2)cc1. The summed E-state index contributed by atoms with van der Waals surface area (Å²) in [5.74, 6) is -1.22. The Morgan fingerprint density at radius 3 is 2.00 bits per heavy atom. The van der Waals surface area contributed by atoms with E-state index in [2.05, 4.69) is 0 Å². The van der Waals surface area contributed by atoms with Crippen LogP contribution in [0.2, 0.25) is 0 Å². The van der Waals surface area contributed by atoms with E-state index < -0.39 is 22.1 Å². The number of Topliss-reactive ketones (excluding diaryl/α,β-unsaturated/α-hetero) is 1. The van der Waals surface area contributed by atoms with Crippen molar-refractivity contribution in [2.24, 2.45) is 12.2 Å². The van der Waals surface area contributed by atoms with E-state index in [0.29, 0.717) is 11.1 Å². The first-order valence-corrected chi connectivity index (χ1v) is 10.7. The number of nitrogens with two attached hydrogens (primary N) is 1. The van der Waals surface area contributed by atoms with Gasteiger partial charge in [-0.3, -0.25) is 4.79 Å².